The molecule has 0 atom stereocenters. The van der Waals surface area contributed by atoms with Gasteiger partial charge in [-0.15, -0.1) is 0 Å². The van der Waals surface area contributed by atoms with Crippen molar-refractivity contribution in [1.29, 1.82) is 0 Å². The lowest BCUT2D eigenvalue weighted by molar-refractivity contribution is -0.0885. The third-order valence-corrected chi connectivity index (χ3v) is 7.07. The van der Waals surface area contributed by atoms with Crippen LogP contribution in [0.2, 0.25) is 0 Å². The Hall–Kier alpha value is -4.33. The summed E-state index contributed by atoms with van der Waals surface area (Å²) in [5.74, 6) is 0.420. The number of aromatic nitrogens is 1. The fourth-order valence-electron chi connectivity index (χ4n) is 4.70. The highest BCUT2D eigenvalue weighted by atomic mass is 19.4. The number of alkyl halides is 3. The summed E-state index contributed by atoms with van der Waals surface area (Å²) in [6.07, 6.45) is 1.26. The Morgan fingerprint density at radius 1 is 1.05 bits per heavy atom. The van der Waals surface area contributed by atoms with Crippen LogP contribution in [0.3, 0.4) is 0 Å². The Morgan fingerprint density at radius 2 is 1.76 bits per heavy atom. The first kappa shape index (κ1) is 32.2. The second kappa shape index (κ2) is 14.0. The number of rotatable bonds is 13. The molecule has 8 heteroatoms. The fourth-order valence-corrected chi connectivity index (χ4v) is 4.70. The lowest BCUT2D eigenvalue weighted by Crippen LogP contribution is -2.24. The van der Waals surface area contributed by atoms with Gasteiger partial charge in [-0.25, -0.2) is 4.98 Å². The number of fused-ring (bicyclic) bond motifs is 1. The maximum Gasteiger partial charge on any atom is 0.416 e. The van der Waals surface area contributed by atoms with Gasteiger partial charge in [0, 0.05) is 60.1 Å². The van der Waals surface area contributed by atoms with Gasteiger partial charge in [0.05, 0.1) is 12.1 Å². The number of pyridine rings is 1. The standard InChI is InChI=1S/C34H40F3N5/c1-8-17-41(10-3)32-14-12-27(19-28(32)9-2)21-42(23(4)5)22-31(24(6)34(35,36)37)25(7)40-20-26-11-13-30-29(18-26)15-16-39-33(30)38/h9,11-16,18-19,22H,2,4,6,8,10,17,20-21H2,1,3,5,7H3,(H2,38,39). The van der Waals surface area contributed by atoms with E-state index in [1.807, 2.05) is 48.5 Å². The minimum atomic E-state index is -4.63. The maximum absolute atomic E-state index is 14.0. The Balaban J connectivity index is 1.96. The summed E-state index contributed by atoms with van der Waals surface area (Å²) in [6, 6.07) is 13.5. The molecule has 0 saturated heterocycles. The van der Waals surface area contributed by atoms with Gasteiger partial charge >= 0.3 is 6.18 Å². The van der Waals surface area contributed by atoms with Gasteiger partial charge in [0.2, 0.25) is 0 Å². The number of nitrogens with zero attached hydrogens (tertiary/aromatic N) is 4. The minimum absolute atomic E-state index is 0.0969. The van der Waals surface area contributed by atoms with Crippen LogP contribution >= 0.6 is 0 Å². The van der Waals surface area contributed by atoms with Crippen LogP contribution in [-0.4, -0.2) is 34.9 Å². The van der Waals surface area contributed by atoms with Crippen molar-refractivity contribution < 1.29 is 13.2 Å². The Morgan fingerprint density at radius 3 is 2.38 bits per heavy atom. The SMILES string of the molecule is C=Cc1cc(CN(C=C(C(=C)C(F)(F)F)C(C)=NCc2ccc3c(N)nccc3c2)C(=C)C)ccc1N(CC)CCC. The summed E-state index contributed by atoms with van der Waals surface area (Å²) in [7, 11) is 0. The molecule has 0 saturated carbocycles. The van der Waals surface area contributed by atoms with Gasteiger partial charge in [-0.1, -0.05) is 50.9 Å². The molecular weight excluding hydrogens is 535 g/mol. The molecule has 0 aliphatic rings. The van der Waals surface area contributed by atoms with E-state index in [0.29, 0.717) is 18.1 Å². The largest absolute Gasteiger partial charge is 0.416 e. The number of hydrogen-bond acceptors (Lipinski definition) is 5. The van der Waals surface area contributed by atoms with E-state index in [-0.39, 0.29) is 17.8 Å². The molecule has 0 fully saturated rings. The van der Waals surface area contributed by atoms with Crippen molar-refractivity contribution in [2.75, 3.05) is 23.7 Å². The van der Waals surface area contributed by atoms with Crippen LogP contribution in [0.5, 0.6) is 0 Å². The molecule has 1 aromatic heterocycles. The Labute approximate surface area is 247 Å². The summed E-state index contributed by atoms with van der Waals surface area (Å²) in [4.78, 5) is 12.6. The van der Waals surface area contributed by atoms with Gasteiger partial charge in [-0.2, -0.15) is 13.2 Å². The Kier molecular flexibility index (Phi) is 10.8. The first-order chi connectivity index (χ1) is 19.9. The zero-order valence-corrected chi connectivity index (χ0v) is 24.9. The van der Waals surface area contributed by atoms with E-state index in [4.69, 9.17) is 5.73 Å². The molecule has 0 amide bonds. The third kappa shape index (κ3) is 7.90. The van der Waals surface area contributed by atoms with Crippen LogP contribution in [-0.2, 0) is 13.1 Å². The smallest absolute Gasteiger partial charge is 0.383 e. The first-order valence-corrected chi connectivity index (χ1v) is 13.9. The number of hydrogen-bond donors (Lipinski definition) is 1. The third-order valence-electron chi connectivity index (χ3n) is 7.07. The number of anilines is 2. The van der Waals surface area contributed by atoms with Gasteiger partial charge in [0.15, 0.2) is 0 Å². The monoisotopic (exact) mass is 575 g/mol. The number of aliphatic imine (C=N–C) groups is 1. The van der Waals surface area contributed by atoms with Crippen molar-refractivity contribution in [3.63, 3.8) is 0 Å². The second-order valence-corrected chi connectivity index (χ2v) is 10.2. The molecule has 0 aliphatic carbocycles. The van der Waals surface area contributed by atoms with E-state index in [9.17, 15) is 13.2 Å². The zero-order chi connectivity index (χ0) is 31.0. The Bertz CT molecular complexity index is 1520. The molecule has 5 nitrogen and oxygen atoms in total. The molecule has 0 spiro atoms. The summed E-state index contributed by atoms with van der Waals surface area (Å²) >= 11 is 0. The van der Waals surface area contributed by atoms with Crippen molar-refractivity contribution >= 4 is 34.1 Å². The van der Waals surface area contributed by atoms with Gasteiger partial charge in [-0.3, -0.25) is 4.99 Å². The van der Waals surface area contributed by atoms with Gasteiger partial charge in [0.25, 0.3) is 0 Å². The topological polar surface area (TPSA) is 57.8 Å². The van der Waals surface area contributed by atoms with Crippen molar-refractivity contribution in [3.05, 3.63) is 108 Å². The molecule has 0 radical (unpaired) electrons. The zero-order valence-electron chi connectivity index (χ0n) is 24.9. The number of benzene rings is 2. The summed E-state index contributed by atoms with van der Waals surface area (Å²) in [6.45, 7) is 21.3. The van der Waals surface area contributed by atoms with E-state index in [1.165, 1.54) is 6.20 Å². The van der Waals surface area contributed by atoms with E-state index in [0.717, 1.165) is 52.7 Å². The molecule has 2 N–H and O–H groups in total. The number of halogens is 3. The molecule has 0 aliphatic heterocycles. The number of allylic oxidation sites excluding steroid dienone is 3. The predicted molar refractivity (Wildman–Crippen MR) is 171 cm³/mol. The van der Waals surface area contributed by atoms with Gasteiger partial charge in [-0.05, 0) is 73.5 Å². The van der Waals surface area contributed by atoms with E-state index in [1.54, 1.807) is 24.9 Å². The molecule has 222 valence electrons. The lowest BCUT2D eigenvalue weighted by atomic mass is 10.0. The highest BCUT2D eigenvalue weighted by molar-refractivity contribution is 6.02. The predicted octanol–water partition coefficient (Wildman–Crippen LogP) is 8.70. The minimum Gasteiger partial charge on any atom is -0.383 e. The van der Waals surface area contributed by atoms with Crippen LogP contribution in [0.1, 0.15) is 50.8 Å². The molecule has 0 bridgehead atoms. The summed E-state index contributed by atoms with van der Waals surface area (Å²) in [5, 5.41) is 1.70. The van der Waals surface area contributed by atoms with Crippen LogP contribution in [0.4, 0.5) is 24.7 Å². The highest BCUT2D eigenvalue weighted by Crippen LogP contribution is 2.32. The second-order valence-electron chi connectivity index (χ2n) is 10.2. The number of nitrogens with two attached hydrogens (primary N) is 1. The highest BCUT2D eigenvalue weighted by Gasteiger charge is 2.35. The van der Waals surface area contributed by atoms with Gasteiger partial charge in [0.1, 0.15) is 5.82 Å². The van der Waals surface area contributed by atoms with Crippen LogP contribution in [0, 0.1) is 0 Å². The molecule has 1 heterocycles. The average molecular weight is 576 g/mol. The maximum atomic E-state index is 14.0. The van der Waals surface area contributed by atoms with Crippen LogP contribution in [0.25, 0.3) is 16.8 Å². The van der Waals surface area contributed by atoms with Crippen LogP contribution in [0.15, 0.2) is 96.4 Å². The summed E-state index contributed by atoms with van der Waals surface area (Å²) in [5.41, 5.74) is 9.49. The molecule has 0 unspecified atom stereocenters. The normalized spacial score (nSPS) is 12.4. The lowest BCUT2D eigenvalue weighted by Gasteiger charge is -2.27. The van der Waals surface area contributed by atoms with Crippen molar-refractivity contribution in [2.24, 2.45) is 4.99 Å². The van der Waals surface area contributed by atoms with Crippen molar-refractivity contribution in [3.8, 4) is 0 Å². The molecule has 3 aromatic rings. The first-order valence-electron chi connectivity index (χ1n) is 13.9. The molecule has 3 rings (SSSR count). The van der Waals surface area contributed by atoms with Crippen molar-refractivity contribution in [1.82, 2.24) is 9.88 Å². The van der Waals surface area contributed by atoms with E-state index < -0.39 is 11.7 Å². The van der Waals surface area contributed by atoms with E-state index >= 15 is 0 Å². The number of nitrogen functional groups attached to an aromatic ring is 1. The van der Waals surface area contributed by atoms with E-state index in [2.05, 4.69) is 48.5 Å². The van der Waals surface area contributed by atoms with Gasteiger partial charge < -0.3 is 15.5 Å². The van der Waals surface area contributed by atoms with Crippen molar-refractivity contribution in [2.45, 2.75) is 53.4 Å². The average Bonchev–Trinajstić information content (AvgIpc) is 2.95. The quantitative estimate of drug-likeness (QED) is 0.164. The molecule has 42 heavy (non-hydrogen) atoms. The van der Waals surface area contributed by atoms with Crippen LogP contribution < -0.4 is 10.6 Å². The molecular formula is C34H40F3N5. The fraction of sp³-hybridized carbons (Fsp3) is 0.294. The molecule has 2 aromatic carbocycles. The summed E-state index contributed by atoms with van der Waals surface area (Å²) < 4.78 is 41.9.